The van der Waals surface area contributed by atoms with Crippen molar-refractivity contribution in [2.75, 3.05) is 12.8 Å². The highest BCUT2D eigenvalue weighted by atomic mass is 32.1. The molecule has 0 bridgehead atoms. The van der Waals surface area contributed by atoms with Gasteiger partial charge in [0.05, 0.1) is 18.8 Å². The zero-order valence-corrected chi connectivity index (χ0v) is 10.9. The minimum absolute atomic E-state index is 0.450. The summed E-state index contributed by atoms with van der Waals surface area (Å²) in [6.07, 6.45) is 0. The quantitative estimate of drug-likeness (QED) is 0.908. The predicted octanol–water partition coefficient (Wildman–Crippen LogP) is 2.92. The van der Waals surface area contributed by atoms with Crippen LogP contribution < -0.4 is 10.5 Å². The number of anilines is 1. The van der Waals surface area contributed by atoms with Gasteiger partial charge in [-0.15, -0.1) is 0 Å². The Morgan fingerprint density at radius 3 is 2.59 bits per heavy atom. The molecule has 1 aromatic carbocycles. The van der Waals surface area contributed by atoms with Gasteiger partial charge in [-0.2, -0.15) is 8.75 Å². The molecular weight excluding hydrogens is 234 g/mol. The Labute approximate surface area is 105 Å². The summed E-state index contributed by atoms with van der Waals surface area (Å²) in [6.45, 7) is 4.29. The molecule has 0 atom stereocenters. The number of hydrogen-bond acceptors (Lipinski definition) is 5. The van der Waals surface area contributed by atoms with Gasteiger partial charge in [0.2, 0.25) is 0 Å². The van der Waals surface area contributed by atoms with Crippen LogP contribution in [-0.4, -0.2) is 15.9 Å². The van der Waals surface area contributed by atoms with Crippen LogP contribution in [0.25, 0.3) is 11.3 Å². The molecule has 2 aromatic rings. The third kappa shape index (κ3) is 2.24. The molecule has 0 spiro atoms. The first-order chi connectivity index (χ1) is 8.13. The van der Waals surface area contributed by atoms with E-state index in [2.05, 4.69) is 28.7 Å². The van der Waals surface area contributed by atoms with Crippen LogP contribution in [-0.2, 0) is 0 Å². The molecular formula is C12H15N3OS. The van der Waals surface area contributed by atoms with Crippen LogP contribution >= 0.6 is 11.7 Å². The first kappa shape index (κ1) is 11.9. The molecule has 0 aliphatic carbocycles. The van der Waals surface area contributed by atoms with Crippen molar-refractivity contribution >= 4 is 17.5 Å². The molecule has 0 radical (unpaired) electrons. The highest BCUT2D eigenvalue weighted by Gasteiger charge is 2.14. The number of aromatic nitrogens is 2. The molecule has 1 aromatic heterocycles. The van der Waals surface area contributed by atoms with Crippen molar-refractivity contribution in [2.45, 2.75) is 19.8 Å². The van der Waals surface area contributed by atoms with Crippen LogP contribution in [0.1, 0.15) is 25.3 Å². The standard InChI is InChI=1S/C12H15N3OS/c1-7(2)8-4-5-9(10(6-8)16-3)11-12(13)15-17-14-11/h4-7H,1-3H3,(H2,13,15). The Morgan fingerprint density at radius 2 is 2.06 bits per heavy atom. The fourth-order valence-electron chi connectivity index (χ4n) is 1.64. The molecule has 2 N–H and O–H groups in total. The van der Waals surface area contributed by atoms with Crippen molar-refractivity contribution < 1.29 is 4.74 Å². The van der Waals surface area contributed by atoms with Crippen LogP contribution in [0.15, 0.2) is 18.2 Å². The van der Waals surface area contributed by atoms with E-state index >= 15 is 0 Å². The van der Waals surface area contributed by atoms with E-state index in [-0.39, 0.29) is 0 Å². The molecule has 0 unspecified atom stereocenters. The summed E-state index contributed by atoms with van der Waals surface area (Å²) in [4.78, 5) is 0. The van der Waals surface area contributed by atoms with Gasteiger partial charge in [0, 0.05) is 5.56 Å². The number of methoxy groups -OCH3 is 1. The molecule has 0 fully saturated rings. The average Bonchev–Trinajstić information content (AvgIpc) is 2.74. The highest BCUT2D eigenvalue weighted by molar-refractivity contribution is 6.99. The lowest BCUT2D eigenvalue weighted by Crippen LogP contribution is -1.95. The number of rotatable bonds is 3. The Kier molecular flexibility index (Phi) is 3.28. The van der Waals surface area contributed by atoms with Crippen molar-refractivity contribution in [1.82, 2.24) is 8.75 Å². The molecule has 4 nitrogen and oxygen atoms in total. The van der Waals surface area contributed by atoms with Gasteiger partial charge in [-0.1, -0.05) is 19.9 Å². The van der Waals surface area contributed by atoms with Gasteiger partial charge < -0.3 is 10.5 Å². The summed E-state index contributed by atoms with van der Waals surface area (Å²) in [5.74, 6) is 1.70. The van der Waals surface area contributed by atoms with Crippen LogP contribution in [0, 0.1) is 0 Å². The van der Waals surface area contributed by atoms with E-state index in [0.29, 0.717) is 17.4 Å². The number of nitrogens with zero attached hydrogens (tertiary/aromatic N) is 2. The maximum atomic E-state index is 5.78. The average molecular weight is 249 g/mol. The molecule has 2 rings (SSSR count). The van der Waals surface area contributed by atoms with Crippen LogP contribution in [0.4, 0.5) is 5.82 Å². The maximum Gasteiger partial charge on any atom is 0.165 e. The third-order valence-corrected chi connectivity index (χ3v) is 3.20. The molecule has 1 heterocycles. The van der Waals surface area contributed by atoms with Gasteiger partial charge in [0.25, 0.3) is 0 Å². The molecule has 17 heavy (non-hydrogen) atoms. The van der Waals surface area contributed by atoms with E-state index in [1.54, 1.807) is 7.11 Å². The summed E-state index contributed by atoms with van der Waals surface area (Å²) in [5, 5.41) is 0. The van der Waals surface area contributed by atoms with Crippen LogP contribution in [0.3, 0.4) is 0 Å². The maximum absolute atomic E-state index is 5.78. The summed E-state index contributed by atoms with van der Waals surface area (Å²) in [5.41, 5.74) is 8.59. The Balaban J connectivity index is 2.52. The van der Waals surface area contributed by atoms with Gasteiger partial charge in [-0.25, -0.2) is 0 Å². The molecule has 0 saturated carbocycles. The lowest BCUT2D eigenvalue weighted by molar-refractivity contribution is 0.415. The van der Waals surface area contributed by atoms with Crippen molar-refractivity contribution in [3.63, 3.8) is 0 Å². The van der Waals surface area contributed by atoms with Gasteiger partial charge >= 0.3 is 0 Å². The first-order valence-electron chi connectivity index (χ1n) is 5.39. The Hall–Kier alpha value is -1.62. The Bertz CT molecular complexity index is 522. The fraction of sp³-hybridized carbons (Fsp3) is 0.333. The van der Waals surface area contributed by atoms with E-state index in [9.17, 15) is 0 Å². The number of nitrogens with two attached hydrogens (primary N) is 1. The summed E-state index contributed by atoms with van der Waals surface area (Å²) < 4.78 is 13.6. The van der Waals surface area contributed by atoms with Crippen LogP contribution in [0.5, 0.6) is 5.75 Å². The third-order valence-electron chi connectivity index (χ3n) is 2.66. The SMILES string of the molecule is COc1cc(C(C)C)ccc1-c1nsnc1N. The Morgan fingerprint density at radius 1 is 1.29 bits per heavy atom. The normalized spacial score (nSPS) is 10.8. The second-order valence-corrected chi connectivity index (χ2v) is 4.64. The highest BCUT2D eigenvalue weighted by Crippen LogP contribution is 2.34. The largest absolute Gasteiger partial charge is 0.496 e. The monoisotopic (exact) mass is 249 g/mol. The minimum atomic E-state index is 0.450. The molecule has 0 saturated heterocycles. The van der Waals surface area contributed by atoms with Crippen molar-refractivity contribution in [3.05, 3.63) is 23.8 Å². The number of hydrogen-bond donors (Lipinski definition) is 1. The molecule has 0 aliphatic rings. The number of ether oxygens (including phenoxy) is 1. The predicted molar refractivity (Wildman–Crippen MR) is 70.4 cm³/mol. The fourth-order valence-corrected chi connectivity index (χ4v) is 2.13. The number of benzene rings is 1. The molecule has 0 amide bonds. The van der Waals surface area contributed by atoms with E-state index in [4.69, 9.17) is 10.5 Å². The number of nitrogen functional groups attached to an aromatic ring is 1. The van der Waals surface area contributed by atoms with Gasteiger partial charge in [-0.05, 0) is 23.6 Å². The van der Waals surface area contributed by atoms with E-state index in [1.165, 1.54) is 5.56 Å². The van der Waals surface area contributed by atoms with E-state index < -0.39 is 0 Å². The summed E-state index contributed by atoms with van der Waals surface area (Å²) >= 11 is 1.11. The lowest BCUT2D eigenvalue weighted by atomic mass is 10.00. The van der Waals surface area contributed by atoms with Gasteiger partial charge in [0.1, 0.15) is 11.4 Å². The van der Waals surface area contributed by atoms with Crippen molar-refractivity contribution in [3.8, 4) is 17.0 Å². The molecule has 90 valence electrons. The lowest BCUT2D eigenvalue weighted by Gasteiger charge is -2.11. The van der Waals surface area contributed by atoms with E-state index in [1.807, 2.05) is 12.1 Å². The molecule has 0 aliphatic heterocycles. The van der Waals surface area contributed by atoms with Crippen molar-refractivity contribution in [1.29, 1.82) is 0 Å². The van der Waals surface area contributed by atoms with Crippen molar-refractivity contribution in [2.24, 2.45) is 0 Å². The zero-order valence-electron chi connectivity index (χ0n) is 10.1. The summed E-state index contributed by atoms with van der Waals surface area (Å²) in [7, 11) is 1.65. The zero-order chi connectivity index (χ0) is 12.4. The first-order valence-corrected chi connectivity index (χ1v) is 6.13. The second-order valence-electron chi connectivity index (χ2n) is 4.11. The second kappa shape index (κ2) is 4.71. The smallest absolute Gasteiger partial charge is 0.165 e. The van der Waals surface area contributed by atoms with Gasteiger partial charge in [0.15, 0.2) is 5.82 Å². The summed E-state index contributed by atoms with van der Waals surface area (Å²) in [6, 6.07) is 6.08. The minimum Gasteiger partial charge on any atom is -0.496 e. The van der Waals surface area contributed by atoms with Crippen LogP contribution in [0.2, 0.25) is 0 Å². The molecule has 5 heteroatoms. The van der Waals surface area contributed by atoms with E-state index in [0.717, 1.165) is 23.0 Å². The van der Waals surface area contributed by atoms with Gasteiger partial charge in [-0.3, -0.25) is 0 Å². The topological polar surface area (TPSA) is 61.0 Å².